The predicted octanol–water partition coefficient (Wildman–Crippen LogP) is 2.09. The van der Waals surface area contributed by atoms with Gasteiger partial charge in [-0.05, 0) is 19.1 Å². The van der Waals surface area contributed by atoms with Crippen molar-refractivity contribution in [1.82, 2.24) is 5.32 Å². The lowest BCUT2D eigenvalue weighted by atomic mass is 10.0. The molecule has 0 heterocycles. The summed E-state index contributed by atoms with van der Waals surface area (Å²) in [5.41, 5.74) is 5.07. The summed E-state index contributed by atoms with van der Waals surface area (Å²) in [7, 11) is 1.55. The largest absolute Gasteiger partial charge is 0.396 e. The summed E-state index contributed by atoms with van der Waals surface area (Å²) in [4.78, 5) is 12.0. The lowest BCUT2D eigenvalue weighted by molar-refractivity contribution is 0.0243. The molecular formula is C13H18Cl2N2O3. The van der Waals surface area contributed by atoms with Crippen molar-refractivity contribution >= 4 is 34.8 Å². The smallest absolute Gasteiger partial charge is 0.251 e. The number of ether oxygens (including phenoxy) is 1. The summed E-state index contributed by atoms with van der Waals surface area (Å²) in [6.45, 7) is 2.12. The number of rotatable bonds is 6. The van der Waals surface area contributed by atoms with Crippen LogP contribution in [-0.2, 0) is 4.74 Å². The van der Waals surface area contributed by atoms with Gasteiger partial charge in [-0.1, -0.05) is 23.2 Å². The Bertz CT molecular complexity index is 469. The van der Waals surface area contributed by atoms with Gasteiger partial charge in [0.05, 0.1) is 21.3 Å². The average Bonchev–Trinajstić information content (AvgIpc) is 2.39. The first-order valence-electron chi connectivity index (χ1n) is 6.01. The van der Waals surface area contributed by atoms with Gasteiger partial charge in [-0.3, -0.25) is 4.79 Å². The second-order valence-corrected chi connectivity index (χ2v) is 5.59. The zero-order chi connectivity index (χ0) is 15.3. The van der Waals surface area contributed by atoms with E-state index < -0.39 is 5.60 Å². The molecule has 0 spiro atoms. The standard InChI is InChI=1S/C13H18Cl2N2O3/c1-13(19,3-4-20-2)7-17-12(18)8-5-9(14)11(16)10(15)6-8/h5-6,19H,3-4,7,16H2,1-2H3,(H,17,18). The summed E-state index contributed by atoms with van der Waals surface area (Å²) in [6.07, 6.45) is 0.410. The van der Waals surface area contributed by atoms with E-state index in [0.717, 1.165) is 0 Å². The van der Waals surface area contributed by atoms with Gasteiger partial charge < -0.3 is 20.9 Å². The minimum atomic E-state index is -1.05. The molecule has 0 fully saturated rings. The highest BCUT2D eigenvalue weighted by Gasteiger charge is 2.21. The summed E-state index contributed by atoms with van der Waals surface area (Å²) in [5.74, 6) is -0.383. The maximum absolute atomic E-state index is 12.0. The number of carbonyl (C=O) groups is 1. The lowest BCUT2D eigenvalue weighted by Gasteiger charge is -2.23. The number of halogens is 2. The van der Waals surface area contributed by atoms with Crippen molar-refractivity contribution in [3.63, 3.8) is 0 Å². The molecule has 20 heavy (non-hydrogen) atoms. The van der Waals surface area contributed by atoms with Gasteiger partial charge in [0.1, 0.15) is 0 Å². The Morgan fingerprint density at radius 3 is 2.50 bits per heavy atom. The molecule has 0 saturated heterocycles. The minimum Gasteiger partial charge on any atom is -0.396 e. The highest BCUT2D eigenvalue weighted by molar-refractivity contribution is 6.39. The summed E-state index contributed by atoms with van der Waals surface area (Å²) in [6, 6.07) is 2.87. The number of amides is 1. The average molecular weight is 321 g/mol. The van der Waals surface area contributed by atoms with E-state index in [1.54, 1.807) is 14.0 Å². The Labute approximate surface area is 128 Å². The number of methoxy groups -OCH3 is 1. The van der Waals surface area contributed by atoms with Crippen molar-refractivity contribution in [3.05, 3.63) is 27.7 Å². The Balaban J connectivity index is 2.68. The molecule has 4 N–H and O–H groups in total. The van der Waals surface area contributed by atoms with Gasteiger partial charge in [-0.25, -0.2) is 0 Å². The Morgan fingerprint density at radius 2 is 2.00 bits per heavy atom. The maximum atomic E-state index is 12.0. The van der Waals surface area contributed by atoms with E-state index in [4.69, 9.17) is 33.7 Å². The molecule has 112 valence electrons. The Morgan fingerprint density at radius 1 is 1.45 bits per heavy atom. The molecule has 0 aromatic heterocycles. The van der Waals surface area contributed by atoms with Crippen LogP contribution in [0.15, 0.2) is 12.1 Å². The zero-order valence-electron chi connectivity index (χ0n) is 11.4. The third-order valence-corrected chi connectivity index (χ3v) is 3.44. The molecule has 1 amide bonds. The van der Waals surface area contributed by atoms with Crippen molar-refractivity contribution in [2.45, 2.75) is 18.9 Å². The van der Waals surface area contributed by atoms with Crippen LogP contribution < -0.4 is 11.1 Å². The van der Waals surface area contributed by atoms with Gasteiger partial charge >= 0.3 is 0 Å². The molecule has 5 nitrogen and oxygen atoms in total. The van der Waals surface area contributed by atoms with Crippen molar-refractivity contribution in [2.75, 3.05) is 26.0 Å². The number of nitrogen functional groups attached to an aromatic ring is 1. The van der Waals surface area contributed by atoms with E-state index >= 15 is 0 Å². The molecule has 7 heteroatoms. The van der Waals surface area contributed by atoms with Gasteiger partial charge in [-0.2, -0.15) is 0 Å². The van der Waals surface area contributed by atoms with E-state index in [1.165, 1.54) is 12.1 Å². The first-order valence-corrected chi connectivity index (χ1v) is 6.76. The lowest BCUT2D eigenvalue weighted by Crippen LogP contribution is -2.41. The van der Waals surface area contributed by atoms with Crippen LogP contribution >= 0.6 is 23.2 Å². The number of aliphatic hydroxyl groups is 1. The van der Waals surface area contributed by atoms with Gasteiger partial charge in [0.2, 0.25) is 0 Å². The van der Waals surface area contributed by atoms with Crippen LogP contribution in [-0.4, -0.2) is 36.9 Å². The van der Waals surface area contributed by atoms with E-state index in [-0.39, 0.29) is 33.7 Å². The topological polar surface area (TPSA) is 84.6 Å². The van der Waals surface area contributed by atoms with Crippen molar-refractivity contribution < 1.29 is 14.6 Å². The fourth-order valence-electron chi connectivity index (χ4n) is 1.50. The number of nitrogens with two attached hydrogens (primary N) is 1. The number of anilines is 1. The zero-order valence-corrected chi connectivity index (χ0v) is 12.9. The molecule has 0 aliphatic heterocycles. The molecule has 1 rings (SSSR count). The highest BCUT2D eigenvalue weighted by atomic mass is 35.5. The number of carbonyl (C=O) groups excluding carboxylic acids is 1. The number of benzene rings is 1. The van der Waals surface area contributed by atoms with Gasteiger partial charge in [0.15, 0.2) is 0 Å². The molecule has 0 bridgehead atoms. The first kappa shape index (κ1) is 17.0. The molecule has 0 aliphatic rings. The molecule has 0 saturated carbocycles. The first-order chi connectivity index (χ1) is 9.26. The normalized spacial score (nSPS) is 13.8. The fourth-order valence-corrected chi connectivity index (χ4v) is 1.99. The number of nitrogens with one attached hydrogen (secondary N) is 1. The maximum Gasteiger partial charge on any atom is 0.251 e. The SMILES string of the molecule is COCCC(C)(O)CNC(=O)c1cc(Cl)c(N)c(Cl)c1. The molecule has 1 atom stereocenters. The fraction of sp³-hybridized carbons (Fsp3) is 0.462. The summed E-state index contributed by atoms with van der Waals surface area (Å²) < 4.78 is 4.89. The highest BCUT2D eigenvalue weighted by Crippen LogP contribution is 2.28. The predicted molar refractivity (Wildman–Crippen MR) is 80.3 cm³/mol. The van der Waals surface area contributed by atoms with Gasteiger partial charge in [0, 0.05) is 32.2 Å². The second-order valence-electron chi connectivity index (χ2n) is 4.78. The number of hydrogen-bond acceptors (Lipinski definition) is 4. The molecule has 1 unspecified atom stereocenters. The third kappa shape index (κ3) is 4.83. The molecule has 0 aliphatic carbocycles. The van der Waals surface area contributed by atoms with Crippen molar-refractivity contribution in [2.24, 2.45) is 0 Å². The van der Waals surface area contributed by atoms with Crippen molar-refractivity contribution in [1.29, 1.82) is 0 Å². The van der Waals surface area contributed by atoms with Crippen LogP contribution in [0, 0.1) is 0 Å². The molecule has 0 radical (unpaired) electrons. The monoisotopic (exact) mass is 320 g/mol. The molecule has 1 aromatic rings. The molecule has 1 aromatic carbocycles. The number of hydrogen-bond donors (Lipinski definition) is 3. The van der Waals surface area contributed by atoms with Gasteiger partial charge in [-0.15, -0.1) is 0 Å². The Kier molecular flexibility index (Phi) is 6.07. The minimum absolute atomic E-state index is 0.0921. The quantitative estimate of drug-likeness (QED) is 0.701. The van der Waals surface area contributed by atoms with E-state index in [0.29, 0.717) is 13.0 Å². The van der Waals surface area contributed by atoms with Crippen molar-refractivity contribution in [3.8, 4) is 0 Å². The second kappa shape index (κ2) is 7.13. The van der Waals surface area contributed by atoms with Crippen LogP contribution in [0.2, 0.25) is 10.0 Å². The van der Waals surface area contributed by atoms with E-state index in [2.05, 4.69) is 5.32 Å². The van der Waals surface area contributed by atoms with E-state index in [1.807, 2.05) is 0 Å². The summed E-state index contributed by atoms with van der Waals surface area (Å²) >= 11 is 11.7. The third-order valence-electron chi connectivity index (χ3n) is 2.82. The van der Waals surface area contributed by atoms with Crippen LogP contribution in [0.25, 0.3) is 0 Å². The van der Waals surface area contributed by atoms with Crippen LogP contribution in [0.5, 0.6) is 0 Å². The van der Waals surface area contributed by atoms with Gasteiger partial charge in [0.25, 0.3) is 5.91 Å². The van der Waals surface area contributed by atoms with E-state index in [9.17, 15) is 9.90 Å². The summed E-state index contributed by atoms with van der Waals surface area (Å²) in [5, 5.41) is 13.1. The van der Waals surface area contributed by atoms with Crippen LogP contribution in [0.4, 0.5) is 5.69 Å². The van der Waals surface area contributed by atoms with Crippen LogP contribution in [0.1, 0.15) is 23.7 Å². The van der Waals surface area contributed by atoms with Crippen LogP contribution in [0.3, 0.4) is 0 Å². The molecular weight excluding hydrogens is 303 g/mol. The Hall–Kier alpha value is -1.01.